The molecule has 0 aliphatic heterocycles. The molecule has 1 atom stereocenters. The van der Waals surface area contributed by atoms with Gasteiger partial charge >= 0.3 is 6.18 Å². The van der Waals surface area contributed by atoms with Crippen LogP contribution in [0.1, 0.15) is 30.3 Å². The van der Waals surface area contributed by atoms with Gasteiger partial charge in [-0.15, -0.1) is 0 Å². The van der Waals surface area contributed by atoms with Gasteiger partial charge in [-0.2, -0.15) is 13.2 Å². The smallest absolute Gasteiger partial charge is 0.374 e. The molecule has 142 valence electrons. The Hall–Kier alpha value is -2.35. The van der Waals surface area contributed by atoms with Gasteiger partial charge in [0.25, 0.3) is 0 Å². The summed E-state index contributed by atoms with van der Waals surface area (Å²) in [7, 11) is 2.74. The van der Waals surface area contributed by atoms with Crippen LogP contribution in [-0.2, 0) is 30.4 Å². The van der Waals surface area contributed by atoms with E-state index in [-0.39, 0.29) is 6.54 Å². The Morgan fingerprint density at radius 2 is 1.81 bits per heavy atom. The van der Waals surface area contributed by atoms with Crippen LogP contribution in [0.3, 0.4) is 0 Å². The van der Waals surface area contributed by atoms with E-state index in [1.165, 1.54) is 25.2 Å². The number of benzene rings is 1. The molecule has 1 heterocycles. The van der Waals surface area contributed by atoms with Gasteiger partial charge in [0, 0.05) is 33.0 Å². The lowest BCUT2D eigenvalue weighted by Gasteiger charge is -2.31. The number of hydrogen-bond acceptors (Lipinski definition) is 3. The number of amides is 1. The predicted molar refractivity (Wildman–Crippen MR) is 90.1 cm³/mol. The molecule has 0 bridgehead atoms. The van der Waals surface area contributed by atoms with E-state index in [9.17, 15) is 23.1 Å². The van der Waals surface area contributed by atoms with E-state index in [1.807, 2.05) is 31.2 Å². The molecule has 26 heavy (non-hydrogen) atoms. The highest BCUT2D eigenvalue weighted by Crippen LogP contribution is 2.41. The average molecular weight is 369 g/mol. The molecule has 1 N–H and O–H groups in total. The number of aliphatic hydroxyl groups is 1. The van der Waals surface area contributed by atoms with Gasteiger partial charge in [-0.3, -0.25) is 4.79 Å². The van der Waals surface area contributed by atoms with Crippen LogP contribution in [0.25, 0.3) is 0 Å². The largest absolute Gasteiger partial charge is 0.425 e. The molecule has 0 aliphatic rings. The molecule has 0 saturated heterocycles. The van der Waals surface area contributed by atoms with Gasteiger partial charge in [0.15, 0.2) is 5.82 Å². The van der Waals surface area contributed by atoms with E-state index >= 15 is 0 Å². The van der Waals surface area contributed by atoms with Crippen LogP contribution >= 0.6 is 0 Å². The number of carbonyl (C=O) groups excluding carboxylic acids is 1. The SMILES string of the molecule is CCc1ccc(CN(C)C(=O)CC(O)(c2nccn2C)C(F)(F)F)cc1. The highest BCUT2D eigenvalue weighted by molar-refractivity contribution is 5.77. The molecule has 0 radical (unpaired) electrons. The van der Waals surface area contributed by atoms with Crippen LogP contribution in [0.15, 0.2) is 36.7 Å². The topological polar surface area (TPSA) is 58.4 Å². The number of rotatable bonds is 6. The predicted octanol–water partition coefficient (Wildman–Crippen LogP) is 2.78. The monoisotopic (exact) mass is 369 g/mol. The van der Waals surface area contributed by atoms with Crippen molar-refractivity contribution >= 4 is 5.91 Å². The highest BCUT2D eigenvalue weighted by Gasteiger charge is 2.58. The number of aryl methyl sites for hydroxylation is 2. The quantitative estimate of drug-likeness (QED) is 0.852. The number of nitrogens with zero attached hydrogens (tertiary/aromatic N) is 3. The first-order valence-electron chi connectivity index (χ1n) is 8.17. The number of imidazole rings is 1. The zero-order valence-electron chi connectivity index (χ0n) is 14.9. The van der Waals surface area contributed by atoms with E-state index in [0.717, 1.165) is 28.3 Å². The Kier molecular flexibility index (Phi) is 5.75. The summed E-state index contributed by atoms with van der Waals surface area (Å²) in [6, 6.07) is 7.48. The van der Waals surface area contributed by atoms with E-state index in [0.29, 0.717) is 0 Å². The third-order valence-electron chi connectivity index (χ3n) is 4.34. The summed E-state index contributed by atoms with van der Waals surface area (Å²) in [6.07, 6.45) is -2.86. The Morgan fingerprint density at radius 1 is 1.23 bits per heavy atom. The zero-order valence-corrected chi connectivity index (χ0v) is 14.9. The maximum atomic E-state index is 13.5. The van der Waals surface area contributed by atoms with Crippen molar-refractivity contribution < 1.29 is 23.1 Å². The summed E-state index contributed by atoms with van der Waals surface area (Å²) in [5.74, 6) is -1.44. The Bertz CT molecular complexity index is 756. The van der Waals surface area contributed by atoms with Crippen molar-refractivity contribution in [1.29, 1.82) is 0 Å². The molecule has 0 spiro atoms. The van der Waals surface area contributed by atoms with Crippen LogP contribution in [-0.4, -0.2) is 38.7 Å². The van der Waals surface area contributed by atoms with Gasteiger partial charge in [-0.05, 0) is 17.5 Å². The number of alkyl halides is 3. The third-order valence-corrected chi connectivity index (χ3v) is 4.34. The number of hydrogen-bond donors (Lipinski definition) is 1. The number of carbonyl (C=O) groups is 1. The minimum absolute atomic E-state index is 0.150. The maximum Gasteiger partial charge on any atom is 0.425 e. The van der Waals surface area contributed by atoms with Crippen molar-refractivity contribution in [1.82, 2.24) is 14.5 Å². The summed E-state index contributed by atoms with van der Waals surface area (Å²) in [5, 5.41) is 10.3. The van der Waals surface area contributed by atoms with Crippen LogP contribution in [0.4, 0.5) is 13.2 Å². The molecule has 5 nitrogen and oxygen atoms in total. The fraction of sp³-hybridized carbons (Fsp3) is 0.444. The minimum Gasteiger partial charge on any atom is -0.374 e. The normalized spacial score (nSPS) is 14.1. The van der Waals surface area contributed by atoms with E-state index in [4.69, 9.17) is 0 Å². The van der Waals surface area contributed by atoms with E-state index in [1.54, 1.807) is 0 Å². The molecule has 2 aromatic rings. The van der Waals surface area contributed by atoms with Crippen molar-refractivity contribution in [3.8, 4) is 0 Å². The summed E-state index contributed by atoms with van der Waals surface area (Å²) in [4.78, 5) is 17.1. The van der Waals surface area contributed by atoms with Gasteiger partial charge in [0.05, 0.1) is 6.42 Å². The lowest BCUT2D eigenvalue weighted by molar-refractivity contribution is -0.271. The van der Waals surface area contributed by atoms with Crippen molar-refractivity contribution in [3.05, 3.63) is 53.6 Å². The summed E-state index contributed by atoms with van der Waals surface area (Å²) in [5.41, 5.74) is -1.42. The standard InChI is InChI=1S/C18H22F3N3O2/c1-4-13-5-7-14(8-6-13)12-24(3)15(25)11-17(26,18(19,20)21)16-22-9-10-23(16)2/h5-10,26H,4,11-12H2,1-3H3. The first kappa shape index (κ1) is 20.0. The molecule has 0 fully saturated rings. The van der Waals surface area contributed by atoms with Crippen LogP contribution in [0.5, 0.6) is 0 Å². The molecule has 1 aromatic heterocycles. The summed E-state index contributed by atoms with van der Waals surface area (Å²) < 4.78 is 41.6. The van der Waals surface area contributed by atoms with Crippen molar-refractivity contribution in [2.45, 2.75) is 38.1 Å². The maximum absolute atomic E-state index is 13.5. The van der Waals surface area contributed by atoms with Crippen LogP contribution in [0, 0.1) is 0 Å². The van der Waals surface area contributed by atoms with Crippen LogP contribution < -0.4 is 0 Å². The molecule has 1 aromatic carbocycles. The third kappa shape index (κ3) is 4.07. The second-order valence-corrected chi connectivity index (χ2v) is 6.32. The molecule has 0 saturated carbocycles. The average Bonchev–Trinajstić information content (AvgIpc) is 3.00. The number of aromatic nitrogens is 2. The fourth-order valence-corrected chi connectivity index (χ4v) is 2.67. The molecule has 2 rings (SSSR count). The molecular weight excluding hydrogens is 347 g/mol. The summed E-state index contributed by atoms with van der Waals surface area (Å²) >= 11 is 0. The zero-order chi connectivity index (χ0) is 19.5. The fourth-order valence-electron chi connectivity index (χ4n) is 2.67. The minimum atomic E-state index is -5.04. The highest BCUT2D eigenvalue weighted by atomic mass is 19.4. The van der Waals surface area contributed by atoms with E-state index in [2.05, 4.69) is 4.98 Å². The molecule has 1 amide bonds. The van der Waals surface area contributed by atoms with Crippen molar-refractivity contribution in [2.75, 3.05) is 7.05 Å². The first-order chi connectivity index (χ1) is 12.1. The second kappa shape index (κ2) is 7.49. The Balaban J connectivity index is 2.17. The molecule has 0 aliphatic carbocycles. The first-order valence-corrected chi connectivity index (χ1v) is 8.17. The Labute approximate surface area is 150 Å². The summed E-state index contributed by atoms with van der Waals surface area (Å²) in [6.45, 7) is 2.16. The van der Waals surface area contributed by atoms with Gasteiger partial charge in [-0.25, -0.2) is 4.98 Å². The Morgan fingerprint density at radius 3 is 2.27 bits per heavy atom. The van der Waals surface area contributed by atoms with Gasteiger partial charge in [0.2, 0.25) is 11.5 Å². The van der Waals surface area contributed by atoms with Crippen molar-refractivity contribution in [3.63, 3.8) is 0 Å². The molecule has 1 unspecified atom stereocenters. The van der Waals surface area contributed by atoms with E-state index < -0.39 is 29.9 Å². The second-order valence-electron chi connectivity index (χ2n) is 6.32. The van der Waals surface area contributed by atoms with Gasteiger partial charge in [-0.1, -0.05) is 31.2 Å². The van der Waals surface area contributed by atoms with Gasteiger partial charge in [0.1, 0.15) is 0 Å². The van der Waals surface area contributed by atoms with Crippen molar-refractivity contribution in [2.24, 2.45) is 7.05 Å². The lowest BCUT2D eigenvalue weighted by atomic mass is 9.96. The molecule has 8 heteroatoms. The molecular formula is C18H22F3N3O2. The van der Waals surface area contributed by atoms with Gasteiger partial charge < -0.3 is 14.6 Å². The lowest BCUT2D eigenvalue weighted by Crippen LogP contribution is -2.48. The number of halogens is 3. The van der Waals surface area contributed by atoms with Crippen LogP contribution in [0.2, 0.25) is 0 Å².